The summed E-state index contributed by atoms with van der Waals surface area (Å²) in [4.78, 5) is 0.154. The van der Waals surface area contributed by atoms with Crippen LogP contribution < -0.4 is 4.72 Å². The number of sulfonamides is 1. The summed E-state index contributed by atoms with van der Waals surface area (Å²) < 4.78 is 26.4. The summed E-state index contributed by atoms with van der Waals surface area (Å²) in [6, 6.07) is -0.116. The van der Waals surface area contributed by atoms with Crippen molar-refractivity contribution in [2.75, 3.05) is 0 Å². The van der Waals surface area contributed by atoms with Crippen molar-refractivity contribution in [2.24, 2.45) is 5.41 Å². The fourth-order valence-electron chi connectivity index (χ4n) is 1.71. The molecule has 2 N–H and O–H groups in total. The topological polar surface area (TPSA) is 74.8 Å². The van der Waals surface area contributed by atoms with Gasteiger partial charge in [-0.25, -0.2) is 13.1 Å². The first-order chi connectivity index (χ1) is 7.34. The minimum atomic E-state index is -3.47. The molecule has 5 nitrogen and oxygen atoms in total. The summed E-state index contributed by atoms with van der Waals surface area (Å²) in [5, 5.41) is 6.12. The predicted molar refractivity (Wildman–Crippen MR) is 60.7 cm³/mol. The molecule has 1 aliphatic carbocycles. The fourth-order valence-corrected chi connectivity index (χ4v) is 3.35. The van der Waals surface area contributed by atoms with E-state index >= 15 is 0 Å². The van der Waals surface area contributed by atoms with E-state index in [1.807, 2.05) is 13.8 Å². The number of aromatic nitrogens is 2. The van der Waals surface area contributed by atoms with Crippen LogP contribution in [0, 0.1) is 5.41 Å². The first-order valence-corrected chi connectivity index (χ1v) is 6.91. The Balaban J connectivity index is 2.12. The van der Waals surface area contributed by atoms with Gasteiger partial charge < -0.3 is 0 Å². The molecule has 1 aromatic rings. The number of hydrogen-bond acceptors (Lipinski definition) is 3. The second-order valence-corrected chi connectivity index (χ2v) is 6.87. The van der Waals surface area contributed by atoms with E-state index in [4.69, 9.17) is 11.6 Å². The highest BCUT2D eigenvalue weighted by Gasteiger charge is 2.48. The Kier molecular flexibility index (Phi) is 2.76. The maximum atomic E-state index is 11.9. The van der Waals surface area contributed by atoms with Crippen LogP contribution in [0.3, 0.4) is 0 Å². The van der Waals surface area contributed by atoms with E-state index < -0.39 is 10.0 Å². The van der Waals surface area contributed by atoms with E-state index in [1.54, 1.807) is 0 Å². The van der Waals surface area contributed by atoms with E-state index in [2.05, 4.69) is 14.9 Å². The molecule has 1 saturated carbocycles. The normalized spacial score (nSPS) is 28.7. The largest absolute Gasteiger partial charge is 0.284 e. The first-order valence-electron chi connectivity index (χ1n) is 4.99. The van der Waals surface area contributed by atoms with Gasteiger partial charge in [0.2, 0.25) is 10.0 Å². The average molecular weight is 264 g/mol. The number of halogens is 1. The van der Waals surface area contributed by atoms with E-state index in [1.165, 1.54) is 12.4 Å². The third-order valence-corrected chi connectivity index (χ3v) is 5.41. The van der Waals surface area contributed by atoms with Gasteiger partial charge in [0.1, 0.15) is 4.90 Å². The second kappa shape index (κ2) is 3.72. The number of nitrogens with zero attached hydrogens (tertiary/aromatic N) is 1. The Morgan fingerprint density at radius 1 is 1.62 bits per heavy atom. The molecule has 0 amide bonds. The number of hydrogen-bond donors (Lipinski definition) is 2. The van der Waals surface area contributed by atoms with Crippen LogP contribution >= 0.6 is 11.6 Å². The van der Waals surface area contributed by atoms with Gasteiger partial charge in [-0.3, -0.25) is 5.10 Å². The molecule has 16 heavy (non-hydrogen) atoms. The molecule has 0 spiro atoms. The van der Waals surface area contributed by atoms with Crippen LogP contribution in [-0.4, -0.2) is 30.0 Å². The monoisotopic (exact) mass is 263 g/mol. The van der Waals surface area contributed by atoms with Crippen molar-refractivity contribution in [3.63, 3.8) is 0 Å². The van der Waals surface area contributed by atoms with Crippen molar-refractivity contribution in [1.29, 1.82) is 0 Å². The summed E-state index contributed by atoms with van der Waals surface area (Å²) in [6.45, 7) is 3.91. The Labute approximate surface area is 99.6 Å². The molecule has 1 fully saturated rings. The Morgan fingerprint density at radius 2 is 2.31 bits per heavy atom. The van der Waals surface area contributed by atoms with E-state index in [-0.39, 0.29) is 21.7 Å². The highest BCUT2D eigenvalue weighted by atomic mass is 35.5. The Hall–Kier alpha value is -0.590. The zero-order valence-electron chi connectivity index (χ0n) is 9.07. The molecular weight excluding hydrogens is 250 g/mol. The third kappa shape index (κ3) is 1.85. The molecule has 1 heterocycles. The highest BCUT2D eigenvalue weighted by Crippen LogP contribution is 2.44. The molecule has 0 saturated heterocycles. The molecule has 7 heteroatoms. The van der Waals surface area contributed by atoms with Gasteiger partial charge in [0, 0.05) is 17.6 Å². The minimum absolute atomic E-state index is 0.0181. The number of aromatic amines is 1. The molecule has 1 aromatic heterocycles. The lowest BCUT2D eigenvalue weighted by Gasteiger charge is -2.48. The van der Waals surface area contributed by atoms with Crippen LogP contribution in [0.4, 0.5) is 0 Å². The molecule has 2 atom stereocenters. The van der Waals surface area contributed by atoms with Gasteiger partial charge in [0.25, 0.3) is 0 Å². The lowest BCUT2D eigenvalue weighted by Crippen LogP contribution is -2.59. The van der Waals surface area contributed by atoms with Gasteiger partial charge in [-0.15, -0.1) is 11.6 Å². The van der Waals surface area contributed by atoms with Gasteiger partial charge in [0.05, 0.1) is 6.20 Å². The van der Waals surface area contributed by atoms with Crippen molar-refractivity contribution in [3.05, 3.63) is 12.4 Å². The van der Waals surface area contributed by atoms with Crippen molar-refractivity contribution < 1.29 is 8.42 Å². The van der Waals surface area contributed by atoms with Crippen LogP contribution in [0.15, 0.2) is 17.3 Å². The maximum absolute atomic E-state index is 11.9. The minimum Gasteiger partial charge on any atom is -0.284 e. The van der Waals surface area contributed by atoms with Crippen molar-refractivity contribution in [3.8, 4) is 0 Å². The molecular formula is C9H14ClN3O2S. The number of alkyl halides is 1. The van der Waals surface area contributed by atoms with Crippen molar-refractivity contribution in [1.82, 2.24) is 14.9 Å². The lowest BCUT2D eigenvalue weighted by atomic mass is 9.67. The molecule has 0 aliphatic heterocycles. The summed E-state index contributed by atoms with van der Waals surface area (Å²) in [7, 11) is -3.47. The zero-order valence-corrected chi connectivity index (χ0v) is 10.6. The molecule has 0 bridgehead atoms. The summed E-state index contributed by atoms with van der Waals surface area (Å²) in [5.41, 5.74) is -0.210. The zero-order chi connectivity index (χ0) is 12.0. The van der Waals surface area contributed by atoms with Crippen LogP contribution in [-0.2, 0) is 10.0 Å². The second-order valence-electron chi connectivity index (χ2n) is 4.63. The standard InChI is InChI=1S/C9H14ClN3O2S/c1-9(2)7(10)3-8(9)13-16(14,15)6-4-11-12-5-6/h4-5,7-8,13H,3H2,1-2H3,(H,11,12). The van der Waals surface area contributed by atoms with Crippen LogP contribution in [0.1, 0.15) is 20.3 Å². The van der Waals surface area contributed by atoms with Crippen molar-refractivity contribution in [2.45, 2.75) is 36.6 Å². The SMILES string of the molecule is CC1(C)C(Cl)CC1NS(=O)(=O)c1cn[nH]c1. The molecule has 2 rings (SSSR count). The van der Waals surface area contributed by atoms with E-state index in [9.17, 15) is 8.42 Å². The summed E-state index contributed by atoms with van der Waals surface area (Å²) >= 11 is 6.04. The maximum Gasteiger partial charge on any atom is 0.243 e. The molecule has 90 valence electrons. The van der Waals surface area contributed by atoms with Gasteiger partial charge in [-0.05, 0) is 11.8 Å². The molecule has 1 aliphatic rings. The fraction of sp³-hybridized carbons (Fsp3) is 0.667. The van der Waals surface area contributed by atoms with Crippen LogP contribution in [0.5, 0.6) is 0 Å². The smallest absolute Gasteiger partial charge is 0.243 e. The van der Waals surface area contributed by atoms with Gasteiger partial charge in [0.15, 0.2) is 0 Å². The van der Waals surface area contributed by atoms with Crippen LogP contribution in [0.25, 0.3) is 0 Å². The average Bonchev–Trinajstić information content (AvgIpc) is 2.70. The molecule has 0 aromatic carbocycles. The van der Waals surface area contributed by atoms with Crippen LogP contribution in [0.2, 0.25) is 0 Å². The summed E-state index contributed by atoms with van der Waals surface area (Å²) in [5.74, 6) is 0. The van der Waals surface area contributed by atoms with E-state index in [0.717, 1.165) is 0 Å². The number of nitrogens with one attached hydrogen (secondary N) is 2. The predicted octanol–water partition coefficient (Wildman–Crippen LogP) is 1.09. The highest BCUT2D eigenvalue weighted by molar-refractivity contribution is 7.89. The lowest BCUT2D eigenvalue weighted by molar-refractivity contribution is 0.137. The number of rotatable bonds is 3. The Bertz CT molecular complexity index is 469. The third-order valence-electron chi connectivity index (χ3n) is 3.23. The molecule has 0 radical (unpaired) electrons. The summed E-state index contributed by atoms with van der Waals surface area (Å²) in [6.07, 6.45) is 3.30. The van der Waals surface area contributed by atoms with Gasteiger partial charge in [-0.2, -0.15) is 5.10 Å². The number of H-pyrrole nitrogens is 1. The molecule has 2 unspecified atom stereocenters. The quantitative estimate of drug-likeness (QED) is 0.802. The Morgan fingerprint density at radius 3 is 2.75 bits per heavy atom. The van der Waals surface area contributed by atoms with Gasteiger partial charge >= 0.3 is 0 Å². The van der Waals surface area contributed by atoms with Gasteiger partial charge in [-0.1, -0.05) is 13.8 Å². The van der Waals surface area contributed by atoms with Crippen molar-refractivity contribution >= 4 is 21.6 Å². The first kappa shape index (κ1) is 11.9. The van der Waals surface area contributed by atoms with E-state index in [0.29, 0.717) is 6.42 Å².